The monoisotopic (exact) mass is 487 g/mol. The molecule has 9 heteroatoms. The highest BCUT2D eigenvalue weighted by Gasteiger charge is 2.31. The van der Waals surface area contributed by atoms with Gasteiger partial charge in [-0.2, -0.15) is 10.1 Å². The number of unbranched alkanes of at least 4 members (excludes halogenated alkanes) is 1. The molecule has 0 saturated heterocycles. The first-order valence-corrected chi connectivity index (χ1v) is 12.5. The van der Waals surface area contributed by atoms with Gasteiger partial charge in [-0.3, -0.25) is 0 Å². The molecule has 194 valence electrons. The summed E-state index contributed by atoms with van der Waals surface area (Å²) >= 11 is 0. The molecule has 1 amide bonds. The predicted octanol–water partition coefficient (Wildman–Crippen LogP) is 5.09. The molecule has 0 unspecified atom stereocenters. The van der Waals surface area contributed by atoms with Gasteiger partial charge in [0.1, 0.15) is 17.2 Å². The van der Waals surface area contributed by atoms with Crippen LogP contribution in [0.4, 0.5) is 16.4 Å². The quantitative estimate of drug-likeness (QED) is 0.423. The number of carbonyl (C=O) groups excluding carboxylic acids is 1. The fourth-order valence-corrected chi connectivity index (χ4v) is 4.14. The van der Waals surface area contributed by atoms with Gasteiger partial charge < -0.3 is 25.2 Å². The third-order valence-corrected chi connectivity index (χ3v) is 5.72. The van der Waals surface area contributed by atoms with E-state index in [1.807, 2.05) is 43.7 Å². The maximum Gasteiger partial charge on any atom is 0.407 e. The molecular weight excluding hydrogens is 446 g/mol. The van der Waals surface area contributed by atoms with E-state index in [9.17, 15) is 4.79 Å². The van der Waals surface area contributed by atoms with Crippen molar-refractivity contribution in [3.63, 3.8) is 0 Å². The molecule has 0 spiro atoms. The molecule has 1 aliphatic carbocycles. The molecule has 0 radical (unpaired) electrons. The normalized spacial score (nSPS) is 18.4. The van der Waals surface area contributed by atoms with Gasteiger partial charge in [0, 0.05) is 30.7 Å². The number of carbonyl (C=O) groups is 1. The number of pyridine rings is 1. The number of amides is 1. The van der Waals surface area contributed by atoms with Gasteiger partial charge in [0.2, 0.25) is 5.88 Å². The van der Waals surface area contributed by atoms with Gasteiger partial charge in [0.25, 0.3) is 0 Å². The average molecular weight is 488 g/mol. The van der Waals surface area contributed by atoms with Crippen LogP contribution in [0.2, 0.25) is 0 Å². The SMILES string of the molecule is CC(C)(C)OC(=O)N[C@@H]1CC[C@H](c2cc(Nc3cccc(OCCCCO)n3)n(C(C)(C)C)n2)C1. The van der Waals surface area contributed by atoms with E-state index in [4.69, 9.17) is 19.7 Å². The van der Waals surface area contributed by atoms with Crippen molar-refractivity contribution in [3.05, 3.63) is 30.0 Å². The maximum atomic E-state index is 12.2. The van der Waals surface area contributed by atoms with Crippen LogP contribution in [-0.4, -0.2) is 50.8 Å². The number of aliphatic hydroxyl groups is 1. The Morgan fingerprint density at radius 3 is 2.63 bits per heavy atom. The van der Waals surface area contributed by atoms with Crippen LogP contribution < -0.4 is 15.4 Å². The molecule has 1 saturated carbocycles. The van der Waals surface area contributed by atoms with Gasteiger partial charge in [-0.15, -0.1) is 0 Å². The Morgan fingerprint density at radius 1 is 1.17 bits per heavy atom. The molecule has 2 aromatic rings. The zero-order chi connectivity index (χ0) is 25.6. The van der Waals surface area contributed by atoms with E-state index in [-0.39, 0.29) is 30.2 Å². The Kier molecular flexibility index (Phi) is 8.64. The molecule has 0 bridgehead atoms. The van der Waals surface area contributed by atoms with Crippen LogP contribution >= 0.6 is 0 Å². The summed E-state index contributed by atoms with van der Waals surface area (Å²) < 4.78 is 13.1. The van der Waals surface area contributed by atoms with Crippen LogP contribution in [-0.2, 0) is 10.3 Å². The molecule has 0 aromatic carbocycles. The predicted molar refractivity (Wildman–Crippen MR) is 136 cm³/mol. The van der Waals surface area contributed by atoms with Gasteiger partial charge >= 0.3 is 6.09 Å². The average Bonchev–Trinajstić information content (AvgIpc) is 3.37. The van der Waals surface area contributed by atoms with E-state index < -0.39 is 5.60 Å². The van der Waals surface area contributed by atoms with Crippen LogP contribution in [0.3, 0.4) is 0 Å². The minimum absolute atomic E-state index is 0.0763. The minimum Gasteiger partial charge on any atom is -0.478 e. The van der Waals surface area contributed by atoms with Crippen LogP contribution in [0.1, 0.15) is 85.3 Å². The summed E-state index contributed by atoms with van der Waals surface area (Å²) in [4.78, 5) is 16.8. The summed E-state index contributed by atoms with van der Waals surface area (Å²) in [7, 11) is 0. The molecule has 2 atom stereocenters. The Morgan fingerprint density at radius 2 is 1.94 bits per heavy atom. The fraction of sp³-hybridized carbons (Fsp3) is 0.654. The number of aromatic nitrogens is 3. The summed E-state index contributed by atoms with van der Waals surface area (Å²) in [6.07, 6.45) is 3.80. The summed E-state index contributed by atoms with van der Waals surface area (Å²) in [5.41, 5.74) is 0.266. The fourth-order valence-electron chi connectivity index (χ4n) is 4.14. The van der Waals surface area contributed by atoms with Gasteiger partial charge in [0.05, 0.1) is 17.8 Å². The number of anilines is 2. The van der Waals surface area contributed by atoms with Crippen molar-refractivity contribution in [2.24, 2.45) is 0 Å². The Bertz CT molecular complexity index is 977. The number of rotatable bonds is 9. The summed E-state index contributed by atoms with van der Waals surface area (Å²) in [5.74, 6) is 2.34. The first-order chi connectivity index (χ1) is 16.4. The van der Waals surface area contributed by atoms with E-state index >= 15 is 0 Å². The van der Waals surface area contributed by atoms with Crippen LogP contribution in [0, 0.1) is 0 Å². The second kappa shape index (κ2) is 11.3. The number of nitrogens with zero attached hydrogens (tertiary/aromatic N) is 3. The Balaban J connectivity index is 1.69. The lowest BCUT2D eigenvalue weighted by Crippen LogP contribution is -2.37. The van der Waals surface area contributed by atoms with Crippen molar-refractivity contribution < 1.29 is 19.4 Å². The zero-order valence-electron chi connectivity index (χ0n) is 21.9. The third kappa shape index (κ3) is 8.13. The Labute approximate surface area is 208 Å². The number of hydrogen-bond donors (Lipinski definition) is 3. The first kappa shape index (κ1) is 26.8. The van der Waals surface area contributed by atoms with Crippen molar-refractivity contribution in [1.82, 2.24) is 20.1 Å². The minimum atomic E-state index is -0.510. The van der Waals surface area contributed by atoms with Crippen LogP contribution in [0.25, 0.3) is 0 Å². The number of aliphatic hydroxyl groups excluding tert-OH is 1. The first-order valence-electron chi connectivity index (χ1n) is 12.5. The van der Waals surface area contributed by atoms with Gasteiger partial charge in [-0.05, 0) is 79.7 Å². The van der Waals surface area contributed by atoms with Crippen molar-refractivity contribution in [1.29, 1.82) is 0 Å². The molecule has 1 fully saturated rings. The van der Waals surface area contributed by atoms with Gasteiger partial charge in [-0.25, -0.2) is 9.48 Å². The highest BCUT2D eigenvalue weighted by molar-refractivity contribution is 5.68. The smallest absolute Gasteiger partial charge is 0.407 e. The largest absolute Gasteiger partial charge is 0.478 e. The van der Waals surface area contributed by atoms with Gasteiger partial charge in [-0.1, -0.05) is 6.07 Å². The van der Waals surface area contributed by atoms with Gasteiger partial charge in [0.15, 0.2) is 0 Å². The van der Waals surface area contributed by atoms with Crippen molar-refractivity contribution in [3.8, 4) is 5.88 Å². The summed E-state index contributed by atoms with van der Waals surface area (Å²) in [6, 6.07) is 7.79. The Hall–Kier alpha value is -2.81. The van der Waals surface area contributed by atoms with E-state index in [2.05, 4.69) is 42.5 Å². The molecular formula is C26H41N5O4. The van der Waals surface area contributed by atoms with E-state index in [1.165, 1.54) is 0 Å². The highest BCUT2D eigenvalue weighted by atomic mass is 16.6. The number of alkyl carbamates (subject to hydrolysis) is 1. The number of hydrogen-bond acceptors (Lipinski definition) is 7. The van der Waals surface area contributed by atoms with Crippen LogP contribution in [0.15, 0.2) is 24.3 Å². The van der Waals surface area contributed by atoms with Crippen molar-refractivity contribution in [2.45, 2.75) is 96.7 Å². The molecule has 35 heavy (non-hydrogen) atoms. The highest BCUT2D eigenvalue weighted by Crippen LogP contribution is 2.36. The maximum absolute atomic E-state index is 12.2. The molecule has 1 aliphatic rings. The lowest BCUT2D eigenvalue weighted by atomic mass is 10.0. The van der Waals surface area contributed by atoms with E-state index in [1.54, 1.807) is 0 Å². The molecule has 2 heterocycles. The number of ether oxygens (including phenoxy) is 2. The topological polar surface area (TPSA) is 111 Å². The molecule has 9 nitrogen and oxygen atoms in total. The standard InChI is InChI=1S/C26H41N5O4/c1-25(2,3)31-22(28-21-10-9-11-23(29-21)34-15-8-7-14-32)17-20(30-31)18-12-13-19(16-18)27-24(33)35-26(4,5)6/h9-11,17-19,32H,7-8,12-16H2,1-6H3,(H,27,33)(H,28,29)/t18-,19+/m0/s1. The summed E-state index contributed by atoms with van der Waals surface area (Å²) in [6.45, 7) is 12.6. The second-order valence-corrected chi connectivity index (χ2v) is 11.2. The van der Waals surface area contributed by atoms with Crippen LogP contribution in [0.5, 0.6) is 5.88 Å². The lowest BCUT2D eigenvalue weighted by molar-refractivity contribution is 0.0505. The number of nitrogens with one attached hydrogen (secondary N) is 2. The van der Waals surface area contributed by atoms with Crippen molar-refractivity contribution >= 4 is 17.7 Å². The second-order valence-electron chi connectivity index (χ2n) is 11.2. The van der Waals surface area contributed by atoms with E-state index in [0.717, 1.165) is 37.2 Å². The van der Waals surface area contributed by atoms with Crippen molar-refractivity contribution in [2.75, 3.05) is 18.5 Å². The van der Waals surface area contributed by atoms with E-state index in [0.29, 0.717) is 24.7 Å². The molecule has 3 rings (SSSR count). The summed E-state index contributed by atoms with van der Waals surface area (Å²) in [5, 5.41) is 20.3. The molecule has 2 aromatic heterocycles. The lowest BCUT2D eigenvalue weighted by Gasteiger charge is -2.23. The third-order valence-electron chi connectivity index (χ3n) is 5.72. The molecule has 3 N–H and O–H groups in total. The molecule has 0 aliphatic heterocycles. The zero-order valence-corrected chi connectivity index (χ0v) is 21.9.